The highest BCUT2D eigenvalue weighted by molar-refractivity contribution is 6.04. The molecule has 3 rings (SSSR count). The van der Waals surface area contributed by atoms with Crippen LogP contribution in [0.15, 0.2) is 42.9 Å². The number of imidazole rings is 1. The summed E-state index contributed by atoms with van der Waals surface area (Å²) in [5.41, 5.74) is 2.10. The van der Waals surface area contributed by atoms with Crippen molar-refractivity contribution in [3.8, 4) is 0 Å². The third kappa shape index (κ3) is 2.47. The van der Waals surface area contributed by atoms with E-state index < -0.39 is 5.82 Å². The number of aryl methyl sites for hydroxylation is 1. The van der Waals surface area contributed by atoms with Crippen molar-refractivity contribution in [3.63, 3.8) is 0 Å². The van der Waals surface area contributed by atoms with E-state index in [4.69, 9.17) is 0 Å². The number of anilines is 1. The molecule has 0 aromatic carbocycles. The fraction of sp³-hybridized carbons (Fsp3) is 0.133. The van der Waals surface area contributed by atoms with Gasteiger partial charge < -0.3 is 5.32 Å². The second kappa shape index (κ2) is 5.32. The first-order valence-corrected chi connectivity index (χ1v) is 6.57. The Labute approximate surface area is 120 Å². The lowest BCUT2D eigenvalue weighted by Gasteiger charge is -2.06. The Balaban J connectivity index is 2.06. The zero-order valence-electron chi connectivity index (χ0n) is 11.4. The van der Waals surface area contributed by atoms with E-state index in [-0.39, 0.29) is 5.91 Å². The van der Waals surface area contributed by atoms with Gasteiger partial charge in [-0.2, -0.15) is 0 Å². The first-order valence-electron chi connectivity index (χ1n) is 6.57. The fourth-order valence-corrected chi connectivity index (χ4v) is 2.18. The molecule has 3 aromatic rings. The monoisotopic (exact) mass is 284 g/mol. The molecule has 0 unspecified atom stereocenters. The summed E-state index contributed by atoms with van der Waals surface area (Å²) in [5.74, 6) is -0.754. The molecule has 3 heterocycles. The van der Waals surface area contributed by atoms with Gasteiger partial charge in [-0.1, -0.05) is 6.92 Å². The van der Waals surface area contributed by atoms with Gasteiger partial charge in [0.1, 0.15) is 17.2 Å². The molecule has 106 valence electrons. The summed E-state index contributed by atoms with van der Waals surface area (Å²) in [6, 6.07) is 6.34. The molecule has 0 saturated carbocycles. The lowest BCUT2D eigenvalue weighted by molar-refractivity contribution is 0.102. The number of hydrogen-bond donors (Lipinski definition) is 1. The van der Waals surface area contributed by atoms with E-state index in [0.29, 0.717) is 29.1 Å². The molecule has 21 heavy (non-hydrogen) atoms. The van der Waals surface area contributed by atoms with Gasteiger partial charge in [0.25, 0.3) is 5.91 Å². The van der Waals surface area contributed by atoms with Gasteiger partial charge in [-0.15, -0.1) is 0 Å². The van der Waals surface area contributed by atoms with Gasteiger partial charge in [0.15, 0.2) is 0 Å². The molecule has 0 aliphatic carbocycles. The number of carbonyl (C=O) groups is 1. The molecule has 0 aliphatic heterocycles. The molecule has 0 bridgehead atoms. The van der Waals surface area contributed by atoms with Crippen LogP contribution >= 0.6 is 0 Å². The van der Waals surface area contributed by atoms with Crippen LogP contribution in [0.25, 0.3) is 5.65 Å². The quantitative estimate of drug-likeness (QED) is 0.804. The second-order valence-electron chi connectivity index (χ2n) is 4.53. The number of rotatable bonds is 3. The molecule has 1 N–H and O–H groups in total. The van der Waals surface area contributed by atoms with Crippen LogP contribution in [0.3, 0.4) is 0 Å². The smallest absolute Gasteiger partial charge is 0.274 e. The highest BCUT2D eigenvalue weighted by atomic mass is 19.1. The summed E-state index contributed by atoms with van der Waals surface area (Å²) in [7, 11) is 0. The van der Waals surface area contributed by atoms with Crippen LogP contribution in [0, 0.1) is 5.82 Å². The number of carbonyl (C=O) groups excluding carboxylic acids is 1. The maximum Gasteiger partial charge on any atom is 0.274 e. The van der Waals surface area contributed by atoms with Gasteiger partial charge in [0.2, 0.25) is 0 Å². The molecule has 0 saturated heterocycles. The number of nitrogens with one attached hydrogen (secondary N) is 1. The van der Waals surface area contributed by atoms with Crippen LogP contribution in [0.4, 0.5) is 10.1 Å². The number of nitrogens with zero attached hydrogens (tertiary/aromatic N) is 3. The molecule has 0 spiro atoms. The molecule has 6 heteroatoms. The normalized spacial score (nSPS) is 10.8. The summed E-state index contributed by atoms with van der Waals surface area (Å²) in [6.07, 6.45) is 5.02. The zero-order valence-corrected chi connectivity index (χ0v) is 11.4. The van der Waals surface area contributed by atoms with Crippen LogP contribution in [0.2, 0.25) is 0 Å². The van der Waals surface area contributed by atoms with E-state index in [1.807, 2.05) is 6.92 Å². The Morgan fingerprint density at radius 1 is 1.38 bits per heavy atom. The van der Waals surface area contributed by atoms with E-state index in [1.54, 1.807) is 30.6 Å². The Morgan fingerprint density at radius 2 is 2.24 bits per heavy atom. The second-order valence-corrected chi connectivity index (χ2v) is 4.53. The van der Waals surface area contributed by atoms with Crippen molar-refractivity contribution in [2.45, 2.75) is 13.3 Å². The number of amides is 1. The highest BCUT2D eigenvalue weighted by Gasteiger charge is 2.18. The van der Waals surface area contributed by atoms with E-state index in [2.05, 4.69) is 15.3 Å². The molecular weight excluding hydrogens is 271 g/mol. The average molecular weight is 284 g/mol. The van der Waals surface area contributed by atoms with Crippen molar-refractivity contribution in [2.75, 3.05) is 5.32 Å². The third-order valence-corrected chi connectivity index (χ3v) is 3.12. The van der Waals surface area contributed by atoms with Gasteiger partial charge in [0, 0.05) is 12.4 Å². The summed E-state index contributed by atoms with van der Waals surface area (Å²) >= 11 is 0. The van der Waals surface area contributed by atoms with Crippen molar-refractivity contribution in [1.82, 2.24) is 14.4 Å². The maximum atomic E-state index is 13.4. The summed E-state index contributed by atoms with van der Waals surface area (Å²) in [4.78, 5) is 20.8. The molecule has 5 nitrogen and oxygen atoms in total. The first kappa shape index (κ1) is 13.2. The van der Waals surface area contributed by atoms with Crippen molar-refractivity contribution < 1.29 is 9.18 Å². The minimum absolute atomic E-state index is 0.335. The number of fused-ring (bicyclic) bond motifs is 1. The van der Waals surface area contributed by atoms with Gasteiger partial charge in [-0.3, -0.25) is 14.2 Å². The minimum Gasteiger partial charge on any atom is -0.319 e. The summed E-state index contributed by atoms with van der Waals surface area (Å²) < 4.78 is 14.9. The predicted molar refractivity (Wildman–Crippen MR) is 76.7 cm³/mol. The largest absolute Gasteiger partial charge is 0.319 e. The number of halogens is 1. The number of hydrogen-bond acceptors (Lipinski definition) is 3. The van der Waals surface area contributed by atoms with Crippen LogP contribution in [-0.4, -0.2) is 20.3 Å². The fourth-order valence-electron chi connectivity index (χ4n) is 2.18. The summed E-state index contributed by atoms with van der Waals surface area (Å²) in [6.45, 7) is 1.90. The lowest BCUT2D eigenvalue weighted by atomic mass is 10.2. The van der Waals surface area contributed by atoms with E-state index in [0.717, 1.165) is 0 Å². The van der Waals surface area contributed by atoms with Gasteiger partial charge in [0.05, 0.1) is 17.6 Å². The summed E-state index contributed by atoms with van der Waals surface area (Å²) in [5, 5.41) is 2.75. The third-order valence-electron chi connectivity index (χ3n) is 3.12. The molecule has 0 radical (unpaired) electrons. The Kier molecular flexibility index (Phi) is 3.35. The van der Waals surface area contributed by atoms with Crippen LogP contribution in [0.5, 0.6) is 0 Å². The van der Waals surface area contributed by atoms with Crippen molar-refractivity contribution >= 4 is 17.2 Å². The van der Waals surface area contributed by atoms with E-state index >= 15 is 0 Å². The standard InChI is InChI=1S/C15H13FN4O/c1-2-12-14(15(21)18-11-4-3-7-17-8-11)20-9-10(16)5-6-13(20)19-12/h3-9H,2H2,1H3,(H,18,21). The predicted octanol–water partition coefficient (Wildman–Crippen LogP) is 2.68. The SMILES string of the molecule is CCc1nc2ccc(F)cn2c1C(=O)Nc1cccnc1. The van der Waals surface area contributed by atoms with E-state index in [9.17, 15) is 9.18 Å². The molecule has 0 atom stereocenters. The Morgan fingerprint density at radius 3 is 2.95 bits per heavy atom. The molecular formula is C15H13FN4O. The molecule has 0 aliphatic rings. The molecule has 0 fully saturated rings. The minimum atomic E-state index is -0.419. The first-order chi connectivity index (χ1) is 10.2. The van der Waals surface area contributed by atoms with Gasteiger partial charge in [-0.05, 0) is 30.7 Å². The zero-order chi connectivity index (χ0) is 14.8. The highest BCUT2D eigenvalue weighted by Crippen LogP contribution is 2.16. The van der Waals surface area contributed by atoms with Crippen LogP contribution < -0.4 is 5.32 Å². The van der Waals surface area contributed by atoms with Gasteiger partial charge in [-0.25, -0.2) is 9.37 Å². The lowest BCUT2D eigenvalue weighted by Crippen LogP contribution is -2.16. The average Bonchev–Trinajstić information content (AvgIpc) is 2.86. The van der Waals surface area contributed by atoms with E-state index in [1.165, 1.54) is 16.7 Å². The van der Waals surface area contributed by atoms with Crippen molar-refractivity contribution in [2.24, 2.45) is 0 Å². The number of aromatic nitrogens is 3. The van der Waals surface area contributed by atoms with Gasteiger partial charge >= 0.3 is 0 Å². The van der Waals surface area contributed by atoms with Crippen molar-refractivity contribution in [3.05, 3.63) is 60.1 Å². The number of pyridine rings is 2. The topological polar surface area (TPSA) is 59.3 Å². The molecule has 1 amide bonds. The molecule has 3 aromatic heterocycles. The Hall–Kier alpha value is -2.76. The van der Waals surface area contributed by atoms with Crippen LogP contribution in [-0.2, 0) is 6.42 Å². The maximum absolute atomic E-state index is 13.4. The van der Waals surface area contributed by atoms with Crippen molar-refractivity contribution in [1.29, 1.82) is 0 Å². The van der Waals surface area contributed by atoms with Crippen LogP contribution in [0.1, 0.15) is 23.1 Å². The Bertz CT molecular complexity index is 798.